The normalized spacial score (nSPS) is 15.9. The number of rotatable bonds is 19. The summed E-state index contributed by atoms with van der Waals surface area (Å²) in [6.45, 7) is 12.6. The van der Waals surface area contributed by atoms with Gasteiger partial charge in [0.2, 0.25) is 0 Å². The third kappa shape index (κ3) is 17.5. The van der Waals surface area contributed by atoms with E-state index >= 15 is 0 Å². The minimum absolute atomic E-state index is 0.00679. The maximum atomic E-state index is 10.9. The largest absolute Gasteiger partial charge is 0.460 e. The van der Waals surface area contributed by atoms with E-state index in [0.717, 1.165) is 12.2 Å². The number of hydrogen-bond acceptors (Lipinski definition) is 10. The molecule has 10 nitrogen and oxygen atoms in total. The molecule has 0 aliphatic carbocycles. The first-order valence-electron chi connectivity index (χ1n) is 10.0. The van der Waals surface area contributed by atoms with Gasteiger partial charge in [0, 0.05) is 12.2 Å². The zero-order valence-electron chi connectivity index (χ0n) is 18.6. The van der Waals surface area contributed by atoms with Gasteiger partial charge in [-0.15, -0.1) is 0 Å². The highest BCUT2D eigenvalue weighted by molar-refractivity contribution is 5.81. The van der Waals surface area contributed by atoms with Crippen LogP contribution in [0.3, 0.4) is 0 Å². The lowest BCUT2D eigenvalue weighted by Crippen LogP contribution is -2.30. The van der Waals surface area contributed by atoms with Crippen molar-refractivity contribution in [3.63, 3.8) is 0 Å². The summed E-state index contributed by atoms with van der Waals surface area (Å²) >= 11 is 0. The number of hydrogen-bond donors (Lipinski definition) is 2. The number of esters is 2. The van der Waals surface area contributed by atoms with Crippen molar-refractivity contribution in [3.8, 4) is 0 Å². The van der Waals surface area contributed by atoms with Gasteiger partial charge in [-0.3, -0.25) is 0 Å². The second-order valence-corrected chi connectivity index (χ2v) is 6.95. The first-order valence-corrected chi connectivity index (χ1v) is 10.0. The van der Waals surface area contributed by atoms with E-state index in [-0.39, 0.29) is 51.3 Å². The fourth-order valence-corrected chi connectivity index (χ4v) is 1.96. The van der Waals surface area contributed by atoms with Crippen molar-refractivity contribution in [2.24, 2.45) is 0 Å². The maximum absolute atomic E-state index is 10.9. The molecular weight excluding hydrogens is 412 g/mol. The molecule has 10 heteroatoms. The van der Waals surface area contributed by atoms with E-state index in [0.29, 0.717) is 13.2 Å². The second kappa shape index (κ2) is 17.8. The summed E-state index contributed by atoms with van der Waals surface area (Å²) in [6.07, 6.45) is -0.509. The molecule has 0 radical (unpaired) electrons. The second-order valence-electron chi connectivity index (χ2n) is 6.95. The molecule has 0 rings (SSSR count). The molecule has 0 fully saturated rings. The van der Waals surface area contributed by atoms with Crippen molar-refractivity contribution in [1.29, 1.82) is 0 Å². The van der Waals surface area contributed by atoms with Crippen LogP contribution in [0, 0.1) is 0 Å². The van der Waals surface area contributed by atoms with Gasteiger partial charge in [-0.1, -0.05) is 13.2 Å². The molecule has 31 heavy (non-hydrogen) atoms. The predicted molar refractivity (Wildman–Crippen MR) is 111 cm³/mol. The van der Waals surface area contributed by atoms with Crippen molar-refractivity contribution in [2.75, 3.05) is 46.2 Å². The van der Waals surface area contributed by atoms with Crippen LogP contribution in [0.1, 0.15) is 20.8 Å². The molecule has 5 atom stereocenters. The van der Waals surface area contributed by atoms with Gasteiger partial charge in [0.15, 0.2) is 0 Å². The summed E-state index contributed by atoms with van der Waals surface area (Å²) in [4.78, 5) is 21.8. The van der Waals surface area contributed by atoms with Crippen molar-refractivity contribution in [3.05, 3.63) is 25.3 Å². The number of ether oxygens (including phenoxy) is 6. The summed E-state index contributed by atoms with van der Waals surface area (Å²) in [7, 11) is 0. The van der Waals surface area contributed by atoms with Crippen molar-refractivity contribution in [1.82, 2.24) is 0 Å². The highest BCUT2D eigenvalue weighted by Gasteiger charge is 2.13. The van der Waals surface area contributed by atoms with Crippen LogP contribution in [0.5, 0.6) is 0 Å². The predicted octanol–water partition coefficient (Wildman–Crippen LogP) is 0.399. The smallest absolute Gasteiger partial charge is 0.330 e. The van der Waals surface area contributed by atoms with E-state index < -0.39 is 24.1 Å². The van der Waals surface area contributed by atoms with Crippen LogP contribution in [0.4, 0.5) is 0 Å². The average molecular weight is 449 g/mol. The van der Waals surface area contributed by atoms with Crippen LogP contribution in [0.2, 0.25) is 0 Å². The Balaban J connectivity index is 3.79. The van der Waals surface area contributed by atoms with Crippen molar-refractivity contribution < 1.29 is 48.2 Å². The molecule has 0 amide bonds. The number of aliphatic hydroxyl groups excluding tert-OH is 2. The highest BCUT2D eigenvalue weighted by atomic mass is 16.6. The quantitative estimate of drug-likeness (QED) is 0.211. The lowest BCUT2D eigenvalue weighted by molar-refractivity contribution is -0.143. The van der Waals surface area contributed by atoms with Gasteiger partial charge in [-0.25, -0.2) is 9.59 Å². The zero-order valence-corrected chi connectivity index (χ0v) is 18.6. The Morgan fingerprint density at radius 3 is 1.52 bits per heavy atom. The number of carbonyl (C=O) groups is 2. The van der Waals surface area contributed by atoms with Crippen LogP contribution < -0.4 is 0 Å². The SMILES string of the molecule is C=CC(=O)OCC(O)COCC(C)OCC(C)OCC(C)OCC(O)COC(=O)C=C. The molecule has 0 aliphatic rings. The first kappa shape index (κ1) is 29.2. The summed E-state index contributed by atoms with van der Waals surface area (Å²) in [5.74, 6) is -1.20. The third-order valence-corrected chi connectivity index (χ3v) is 3.64. The molecule has 180 valence electrons. The third-order valence-electron chi connectivity index (χ3n) is 3.64. The van der Waals surface area contributed by atoms with Gasteiger partial charge in [0.25, 0.3) is 0 Å². The van der Waals surface area contributed by atoms with Crippen LogP contribution in [-0.4, -0.2) is 98.9 Å². The van der Waals surface area contributed by atoms with E-state index in [1.807, 2.05) is 13.8 Å². The topological polar surface area (TPSA) is 130 Å². The first-order chi connectivity index (χ1) is 14.7. The molecular formula is C21H36O10. The summed E-state index contributed by atoms with van der Waals surface area (Å²) in [6, 6.07) is 0. The van der Waals surface area contributed by atoms with Gasteiger partial charge in [-0.05, 0) is 20.8 Å². The number of carbonyl (C=O) groups excluding carboxylic acids is 2. The lowest BCUT2D eigenvalue weighted by atomic mass is 10.3. The van der Waals surface area contributed by atoms with Crippen LogP contribution in [0.15, 0.2) is 25.3 Å². The molecule has 0 aromatic carbocycles. The van der Waals surface area contributed by atoms with Crippen molar-refractivity contribution >= 4 is 11.9 Å². The Hall–Kier alpha value is -1.82. The summed E-state index contributed by atoms with van der Waals surface area (Å²) in [5, 5.41) is 19.3. The number of aliphatic hydroxyl groups is 2. The molecule has 0 saturated heterocycles. The van der Waals surface area contributed by atoms with Gasteiger partial charge in [0.1, 0.15) is 25.4 Å². The van der Waals surface area contributed by atoms with Gasteiger partial charge >= 0.3 is 11.9 Å². The summed E-state index contributed by atoms with van der Waals surface area (Å²) in [5.41, 5.74) is 0. The summed E-state index contributed by atoms with van der Waals surface area (Å²) < 4.78 is 31.5. The molecule has 2 N–H and O–H groups in total. The Bertz CT molecular complexity index is 524. The van der Waals surface area contributed by atoms with Crippen LogP contribution in [0.25, 0.3) is 0 Å². The van der Waals surface area contributed by atoms with Gasteiger partial charge < -0.3 is 38.6 Å². The zero-order chi connectivity index (χ0) is 23.6. The lowest BCUT2D eigenvalue weighted by Gasteiger charge is -2.21. The van der Waals surface area contributed by atoms with Gasteiger partial charge in [-0.2, -0.15) is 0 Å². The molecule has 0 aromatic rings. The fraction of sp³-hybridized carbons (Fsp3) is 0.714. The minimum Gasteiger partial charge on any atom is -0.460 e. The molecule has 0 saturated carbocycles. The monoisotopic (exact) mass is 448 g/mol. The van der Waals surface area contributed by atoms with E-state index in [4.69, 9.17) is 28.4 Å². The molecule has 0 aromatic heterocycles. The Labute approximate surface area is 183 Å². The highest BCUT2D eigenvalue weighted by Crippen LogP contribution is 2.02. The Kier molecular flexibility index (Phi) is 16.8. The van der Waals surface area contributed by atoms with Crippen LogP contribution >= 0.6 is 0 Å². The van der Waals surface area contributed by atoms with E-state index in [9.17, 15) is 19.8 Å². The van der Waals surface area contributed by atoms with E-state index in [1.54, 1.807) is 6.92 Å². The maximum Gasteiger partial charge on any atom is 0.330 e. The average Bonchev–Trinajstić information content (AvgIpc) is 2.76. The van der Waals surface area contributed by atoms with Crippen LogP contribution in [-0.2, 0) is 38.0 Å². The molecule has 5 unspecified atom stereocenters. The standard InChI is InChI=1S/C21H36O10/c1-6-20(24)30-13-18(22)11-26-8-15(3)27-9-16(4)28-10-17(5)29-12-19(23)14-31-21(25)7-2/h6-7,15-19,22-23H,1-2,8-14H2,3-5H3. The molecule has 0 spiro atoms. The Morgan fingerprint density at radius 2 is 1.06 bits per heavy atom. The van der Waals surface area contributed by atoms with E-state index in [2.05, 4.69) is 13.2 Å². The molecule has 0 aliphatic heterocycles. The van der Waals surface area contributed by atoms with Gasteiger partial charge in [0.05, 0.1) is 51.3 Å². The minimum atomic E-state index is -0.930. The van der Waals surface area contributed by atoms with Crippen molar-refractivity contribution in [2.45, 2.75) is 51.3 Å². The Morgan fingerprint density at radius 1 is 0.677 bits per heavy atom. The molecule has 0 heterocycles. The van der Waals surface area contributed by atoms with E-state index in [1.165, 1.54) is 0 Å². The molecule has 0 bridgehead atoms. The fourth-order valence-electron chi connectivity index (χ4n) is 1.96.